The van der Waals surface area contributed by atoms with Crippen LogP contribution in [-0.2, 0) is 28.7 Å². The second-order valence-corrected chi connectivity index (χ2v) is 11.4. The Morgan fingerprint density at radius 3 is 1.24 bits per heavy atom. The molecule has 0 amide bonds. The fourth-order valence-corrected chi connectivity index (χ4v) is 4.80. The number of hydrogen-bond donors (Lipinski definition) is 5. The predicted molar refractivity (Wildman–Crippen MR) is 130 cm³/mol. The van der Waals surface area contributed by atoms with Gasteiger partial charge in [0.25, 0.3) is 5.79 Å². The monoisotopic (exact) mass is 530 g/mol. The summed E-state index contributed by atoms with van der Waals surface area (Å²) in [6.45, 7) is 12.7. The van der Waals surface area contributed by atoms with Gasteiger partial charge in [-0.1, -0.05) is 69.2 Å². The molecule has 1 fully saturated rings. The highest BCUT2D eigenvalue weighted by atomic mass is 16.7. The van der Waals surface area contributed by atoms with Crippen LogP contribution in [0.25, 0.3) is 0 Å². The Morgan fingerprint density at radius 2 is 0.919 bits per heavy atom. The number of aliphatic hydroxyl groups excluding tert-OH is 1. The minimum Gasteiger partial charge on any atom is -0.382 e. The van der Waals surface area contributed by atoms with Gasteiger partial charge in [0.2, 0.25) is 11.2 Å². The maximum Gasteiger partial charge on any atom is 0.268 e. The number of Topliss-reactive ketones (excluding diaryl/α,β-unsaturated/α-hetero) is 5. The first-order valence-electron chi connectivity index (χ1n) is 12.5. The summed E-state index contributed by atoms with van der Waals surface area (Å²) in [6.07, 6.45) is -5.10. The van der Waals surface area contributed by atoms with Gasteiger partial charge in [-0.3, -0.25) is 24.0 Å². The third kappa shape index (κ3) is 4.53. The number of ketones is 5. The molecule has 1 aliphatic heterocycles. The van der Waals surface area contributed by atoms with E-state index in [1.54, 1.807) is 0 Å². The molecule has 0 aromatic rings. The van der Waals surface area contributed by atoms with Crippen molar-refractivity contribution < 1.29 is 54.2 Å². The molecule has 0 aromatic heterocycles. The van der Waals surface area contributed by atoms with Gasteiger partial charge in [-0.15, -0.1) is 0 Å². The standard InChI is InChI=1S/C26H42O11/c1-11(2)16(27)17(28)22-23(33,18(29)12(3)4)24(34,19(30)13(5)6)25(35,20(31)14(7)8)26(36,37-22)21(32)15(9)10/h11-15,17,22,28,33-36H,1-10H3/t17?,22-,23-,24+,25-,26?/m1/s1. The summed E-state index contributed by atoms with van der Waals surface area (Å²) >= 11 is 0. The lowest BCUT2D eigenvalue weighted by Gasteiger charge is -2.62. The zero-order valence-corrected chi connectivity index (χ0v) is 23.2. The van der Waals surface area contributed by atoms with E-state index < -0.39 is 93.3 Å². The van der Waals surface area contributed by atoms with Gasteiger partial charge >= 0.3 is 0 Å². The highest BCUT2D eigenvalue weighted by molar-refractivity contribution is 6.12. The van der Waals surface area contributed by atoms with Crippen molar-refractivity contribution in [3.05, 3.63) is 0 Å². The zero-order chi connectivity index (χ0) is 29.6. The molecular weight excluding hydrogens is 488 g/mol. The summed E-state index contributed by atoms with van der Waals surface area (Å²) in [5.41, 5.74) is -11.5. The van der Waals surface area contributed by atoms with E-state index in [1.807, 2.05) is 0 Å². The van der Waals surface area contributed by atoms with Crippen molar-refractivity contribution in [1.29, 1.82) is 0 Å². The van der Waals surface area contributed by atoms with Gasteiger partial charge in [0.15, 0.2) is 34.5 Å². The molecule has 1 saturated heterocycles. The van der Waals surface area contributed by atoms with Crippen molar-refractivity contribution >= 4 is 28.9 Å². The van der Waals surface area contributed by atoms with Crippen molar-refractivity contribution in [2.45, 2.75) is 104 Å². The van der Waals surface area contributed by atoms with E-state index in [1.165, 1.54) is 69.2 Å². The molecule has 0 aliphatic carbocycles. The van der Waals surface area contributed by atoms with Crippen LogP contribution in [0.3, 0.4) is 0 Å². The molecule has 11 nitrogen and oxygen atoms in total. The Labute approximate surface area is 217 Å². The van der Waals surface area contributed by atoms with Gasteiger partial charge in [-0.25, -0.2) is 0 Å². The SMILES string of the molecule is CC(C)C(=O)C(O)[C@H]1OC(O)(C(=O)C(C)C)[C@@](O)(C(=O)C(C)C)[C@](O)(C(=O)C(C)C)[C@@]1(O)C(=O)C(C)C. The molecule has 2 unspecified atom stereocenters. The molecule has 5 N–H and O–H groups in total. The molecule has 0 aromatic carbocycles. The molecule has 0 saturated carbocycles. The first-order valence-corrected chi connectivity index (χ1v) is 12.5. The van der Waals surface area contributed by atoms with Crippen LogP contribution in [-0.4, -0.2) is 89.2 Å². The van der Waals surface area contributed by atoms with Crippen molar-refractivity contribution in [2.24, 2.45) is 29.6 Å². The second-order valence-electron chi connectivity index (χ2n) is 11.4. The summed E-state index contributed by atoms with van der Waals surface area (Å²) in [4.78, 5) is 67.2. The minimum absolute atomic E-state index is 0.933. The largest absolute Gasteiger partial charge is 0.382 e. The van der Waals surface area contributed by atoms with Crippen LogP contribution in [0.5, 0.6) is 0 Å². The van der Waals surface area contributed by atoms with E-state index >= 15 is 0 Å². The quantitative estimate of drug-likeness (QED) is 0.236. The maximum absolute atomic E-state index is 13.7. The second kappa shape index (κ2) is 10.7. The lowest BCUT2D eigenvalue weighted by Crippen LogP contribution is -2.93. The summed E-state index contributed by atoms with van der Waals surface area (Å²) in [5, 5.41) is 58.9. The molecule has 0 bridgehead atoms. The van der Waals surface area contributed by atoms with Crippen LogP contribution in [0.4, 0.5) is 0 Å². The van der Waals surface area contributed by atoms with Gasteiger partial charge in [0, 0.05) is 29.6 Å². The van der Waals surface area contributed by atoms with Crippen molar-refractivity contribution in [3.8, 4) is 0 Å². The van der Waals surface area contributed by atoms with Crippen LogP contribution in [0.1, 0.15) is 69.2 Å². The Hall–Kier alpha value is -1.89. The van der Waals surface area contributed by atoms with Gasteiger partial charge in [-0.05, 0) is 0 Å². The number of carbonyl (C=O) groups is 5. The maximum atomic E-state index is 13.7. The number of carbonyl (C=O) groups excluding carboxylic acids is 5. The van der Waals surface area contributed by atoms with E-state index in [0.29, 0.717) is 0 Å². The van der Waals surface area contributed by atoms with Crippen LogP contribution in [0, 0.1) is 29.6 Å². The average Bonchev–Trinajstić information content (AvgIpc) is 2.81. The van der Waals surface area contributed by atoms with Crippen LogP contribution in [0.15, 0.2) is 0 Å². The summed E-state index contributed by atoms with van der Waals surface area (Å²) in [7, 11) is 0. The van der Waals surface area contributed by atoms with Crippen molar-refractivity contribution in [1.82, 2.24) is 0 Å². The van der Waals surface area contributed by atoms with Crippen LogP contribution < -0.4 is 0 Å². The summed E-state index contributed by atoms with van der Waals surface area (Å²) in [6, 6.07) is 0. The highest BCUT2D eigenvalue weighted by Crippen LogP contribution is 2.54. The van der Waals surface area contributed by atoms with E-state index in [9.17, 15) is 49.5 Å². The molecule has 0 spiro atoms. The molecule has 1 aliphatic rings. The lowest BCUT2D eigenvalue weighted by molar-refractivity contribution is -0.397. The van der Waals surface area contributed by atoms with Crippen molar-refractivity contribution in [3.63, 3.8) is 0 Å². The first-order chi connectivity index (χ1) is 16.5. The minimum atomic E-state index is -3.93. The fourth-order valence-electron chi connectivity index (χ4n) is 4.80. The van der Waals surface area contributed by atoms with E-state index in [2.05, 4.69) is 0 Å². The third-order valence-corrected chi connectivity index (χ3v) is 6.94. The third-order valence-electron chi connectivity index (χ3n) is 6.94. The van der Waals surface area contributed by atoms with Gasteiger partial charge in [0.1, 0.15) is 12.2 Å². The predicted octanol–water partition coefficient (Wildman–Crippen LogP) is -0.246. The van der Waals surface area contributed by atoms with Crippen molar-refractivity contribution in [2.75, 3.05) is 0 Å². The topological polar surface area (TPSA) is 196 Å². The van der Waals surface area contributed by atoms with Gasteiger partial charge in [0.05, 0.1) is 0 Å². The molecule has 0 radical (unpaired) electrons. The number of rotatable bonds is 11. The fraction of sp³-hybridized carbons (Fsp3) is 0.808. The molecule has 212 valence electrons. The van der Waals surface area contributed by atoms with Crippen LogP contribution >= 0.6 is 0 Å². The number of hydrogen-bond acceptors (Lipinski definition) is 11. The number of ether oxygens (including phenoxy) is 1. The zero-order valence-electron chi connectivity index (χ0n) is 23.2. The lowest BCUT2D eigenvalue weighted by atomic mass is 9.53. The van der Waals surface area contributed by atoms with Gasteiger partial charge in [-0.2, -0.15) is 0 Å². The molecule has 6 atom stereocenters. The highest BCUT2D eigenvalue weighted by Gasteiger charge is 2.86. The Balaban J connectivity index is 4.51. The molecule has 1 heterocycles. The Bertz CT molecular complexity index is 952. The summed E-state index contributed by atoms with van der Waals surface area (Å²) < 4.78 is 5.41. The smallest absolute Gasteiger partial charge is 0.268 e. The Morgan fingerprint density at radius 1 is 0.568 bits per heavy atom. The molecular formula is C26H42O11. The van der Waals surface area contributed by atoms with E-state index in [4.69, 9.17) is 4.74 Å². The molecule has 11 heteroatoms. The molecule has 37 heavy (non-hydrogen) atoms. The van der Waals surface area contributed by atoms with E-state index in [0.717, 1.165) is 0 Å². The van der Waals surface area contributed by atoms with Crippen LogP contribution in [0.2, 0.25) is 0 Å². The normalized spacial score (nSPS) is 33.4. The average molecular weight is 531 g/mol. The Kier molecular flexibility index (Phi) is 9.59. The number of aliphatic hydroxyl groups is 5. The molecule has 1 rings (SSSR count). The van der Waals surface area contributed by atoms with E-state index in [-0.39, 0.29) is 0 Å². The first kappa shape index (κ1) is 33.1. The summed E-state index contributed by atoms with van der Waals surface area (Å²) in [5.74, 6) is -16.4. The van der Waals surface area contributed by atoms with Gasteiger partial charge < -0.3 is 30.3 Å².